The highest BCUT2D eigenvalue weighted by Crippen LogP contribution is 2.21. The zero-order chi connectivity index (χ0) is 19.3. The Balaban J connectivity index is 1.35. The van der Waals surface area contributed by atoms with Crippen molar-refractivity contribution in [3.63, 3.8) is 0 Å². The van der Waals surface area contributed by atoms with Crippen LogP contribution in [0.3, 0.4) is 0 Å². The highest BCUT2D eigenvalue weighted by atomic mass is 16.4. The van der Waals surface area contributed by atoms with E-state index in [1.165, 1.54) is 0 Å². The second-order valence-corrected chi connectivity index (χ2v) is 6.48. The van der Waals surface area contributed by atoms with Gasteiger partial charge in [0.25, 0.3) is 0 Å². The van der Waals surface area contributed by atoms with Crippen LogP contribution in [-0.2, 0) is 17.8 Å². The van der Waals surface area contributed by atoms with Gasteiger partial charge < -0.3 is 14.3 Å². The number of aromatic nitrogens is 3. The molecule has 2 aromatic heterocycles. The molecule has 140 valence electrons. The number of benzene rings is 2. The van der Waals surface area contributed by atoms with E-state index in [9.17, 15) is 4.79 Å². The van der Waals surface area contributed by atoms with Crippen LogP contribution in [0.1, 0.15) is 17.0 Å². The predicted octanol–water partition coefficient (Wildman–Crippen LogP) is 3.69. The first-order chi connectivity index (χ1) is 13.7. The van der Waals surface area contributed by atoms with Gasteiger partial charge in [0.1, 0.15) is 5.76 Å². The summed E-state index contributed by atoms with van der Waals surface area (Å²) >= 11 is 0. The maximum atomic E-state index is 12.3. The largest absolute Gasteiger partial charge is 0.441 e. The zero-order valence-electron chi connectivity index (χ0n) is 15.5. The number of oxazole rings is 1. The molecular weight excluding hydrogens is 352 g/mol. The SMILES string of the molecule is Cc1oc(-c2ccccc2)nc1CC(=O)NCc1ccc(-n2ccnc2)cc1. The Labute approximate surface area is 162 Å². The molecule has 0 atom stereocenters. The maximum Gasteiger partial charge on any atom is 0.226 e. The number of hydrogen-bond acceptors (Lipinski definition) is 4. The summed E-state index contributed by atoms with van der Waals surface area (Å²) < 4.78 is 7.64. The third-order valence-corrected chi connectivity index (χ3v) is 4.47. The van der Waals surface area contributed by atoms with E-state index in [-0.39, 0.29) is 12.3 Å². The van der Waals surface area contributed by atoms with Crippen LogP contribution in [0.5, 0.6) is 0 Å². The molecular formula is C22H20N4O2. The Morgan fingerprint density at radius 1 is 1.11 bits per heavy atom. The Bertz CT molecular complexity index is 1050. The minimum Gasteiger partial charge on any atom is -0.441 e. The summed E-state index contributed by atoms with van der Waals surface area (Å²) in [5, 5.41) is 2.94. The minimum atomic E-state index is -0.0882. The van der Waals surface area contributed by atoms with E-state index in [1.54, 1.807) is 12.5 Å². The third kappa shape index (κ3) is 4.01. The van der Waals surface area contributed by atoms with Crippen molar-refractivity contribution in [2.24, 2.45) is 0 Å². The average Bonchev–Trinajstić information content (AvgIpc) is 3.38. The summed E-state index contributed by atoms with van der Waals surface area (Å²) in [7, 11) is 0. The lowest BCUT2D eigenvalue weighted by Crippen LogP contribution is -2.24. The Hall–Kier alpha value is -3.67. The van der Waals surface area contributed by atoms with Gasteiger partial charge in [0.15, 0.2) is 0 Å². The Morgan fingerprint density at radius 2 is 1.89 bits per heavy atom. The van der Waals surface area contributed by atoms with E-state index in [0.717, 1.165) is 16.8 Å². The van der Waals surface area contributed by atoms with Crippen LogP contribution in [0.4, 0.5) is 0 Å². The number of hydrogen-bond donors (Lipinski definition) is 1. The zero-order valence-corrected chi connectivity index (χ0v) is 15.5. The fraction of sp³-hybridized carbons (Fsp3) is 0.136. The molecule has 0 bridgehead atoms. The van der Waals surface area contributed by atoms with E-state index < -0.39 is 0 Å². The van der Waals surface area contributed by atoms with Gasteiger partial charge in [0.2, 0.25) is 11.8 Å². The van der Waals surface area contributed by atoms with Crippen LogP contribution in [-0.4, -0.2) is 20.4 Å². The molecule has 4 rings (SSSR count). The number of carbonyl (C=O) groups excluding carboxylic acids is 1. The standard InChI is InChI=1S/C22H20N4O2/c1-16-20(25-22(28-16)18-5-3-2-4-6-18)13-21(27)24-14-17-7-9-19(10-8-17)26-12-11-23-15-26/h2-12,15H,13-14H2,1H3,(H,24,27). The topological polar surface area (TPSA) is 73.0 Å². The summed E-state index contributed by atoms with van der Waals surface area (Å²) in [6.45, 7) is 2.29. The van der Waals surface area contributed by atoms with Gasteiger partial charge in [0, 0.05) is 30.2 Å². The lowest BCUT2D eigenvalue weighted by Gasteiger charge is -2.06. The molecule has 6 nitrogen and oxygen atoms in total. The first-order valence-electron chi connectivity index (χ1n) is 9.05. The monoisotopic (exact) mass is 372 g/mol. The predicted molar refractivity (Wildman–Crippen MR) is 106 cm³/mol. The number of aryl methyl sites for hydroxylation is 1. The molecule has 0 saturated carbocycles. The first-order valence-corrected chi connectivity index (χ1v) is 9.05. The van der Waals surface area contributed by atoms with Crippen LogP contribution >= 0.6 is 0 Å². The molecule has 0 aliphatic carbocycles. The van der Waals surface area contributed by atoms with Gasteiger partial charge >= 0.3 is 0 Å². The normalized spacial score (nSPS) is 10.8. The van der Waals surface area contributed by atoms with Crippen molar-refractivity contribution in [3.05, 3.63) is 90.3 Å². The van der Waals surface area contributed by atoms with Gasteiger partial charge in [-0.1, -0.05) is 30.3 Å². The number of nitrogens with zero attached hydrogens (tertiary/aromatic N) is 3. The first kappa shape index (κ1) is 17.7. The molecule has 1 amide bonds. The lowest BCUT2D eigenvalue weighted by molar-refractivity contribution is -0.120. The fourth-order valence-electron chi connectivity index (χ4n) is 2.91. The molecule has 4 aromatic rings. The van der Waals surface area contributed by atoms with E-state index in [2.05, 4.69) is 15.3 Å². The molecule has 2 aromatic carbocycles. The molecule has 0 aliphatic rings. The van der Waals surface area contributed by atoms with Crippen molar-refractivity contribution in [1.82, 2.24) is 19.9 Å². The fourth-order valence-corrected chi connectivity index (χ4v) is 2.91. The van der Waals surface area contributed by atoms with Crippen LogP contribution in [0, 0.1) is 6.92 Å². The van der Waals surface area contributed by atoms with Crippen molar-refractivity contribution in [1.29, 1.82) is 0 Å². The molecule has 0 saturated heterocycles. The summed E-state index contributed by atoms with van der Waals surface area (Å²) in [5.74, 6) is 1.12. The molecule has 0 unspecified atom stereocenters. The van der Waals surface area contributed by atoms with E-state index >= 15 is 0 Å². The molecule has 2 heterocycles. The van der Waals surface area contributed by atoms with E-state index in [1.807, 2.05) is 72.3 Å². The van der Waals surface area contributed by atoms with E-state index in [0.29, 0.717) is 23.9 Å². The number of imidazole rings is 1. The summed E-state index contributed by atoms with van der Waals surface area (Å²) in [6, 6.07) is 17.6. The summed E-state index contributed by atoms with van der Waals surface area (Å²) in [6.07, 6.45) is 5.57. The van der Waals surface area contributed by atoms with Gasteiger partial charge in [-0.05, 0) is 36.8 Å². The number of nitrogens with one attached hydrogen (secondary N) is 1. The van der Waals surface area contributed by atoms with E-state index in [4.69, 9.17) is 4.42 Å². The average molecular weight is 372 g/mol. The molecule has 28 heavy (non-hydrogen) atoms. The van der Waals surface area contributed by atoms with Crippen LogP contribution in [0.2, 0.25) is 0 Å². The van der Waals surface area contributed by atoms with Crippen molar-refractivity contribution < 1.29 is 9.21 Å². The smallest absolute Gasteiger partial charge is 0.226 e. The lowest BCUT2D eigenvalue weighted by atomic mass is 10.2. The highest BCUT2D eigenvalue weighted by Gasteiger charge is 2.14. The van der Waals surface area contributed by atoms with Crippen LogP contribution < -0.4 is 5.32 Å². The maximum absolute atomic E-state index is 12.3. The third-order valence-electron chi connectivity index (χ3n) is 4.47. The van der Waals surface area contributed by atoms with Gasteiger partial charge in [0.05, 0.1) is 18.4 Å². The summed E-state index contributed by atoms with van der Waals surface area (Å²) in [4.78, 5) is 20.9. The van der Waals surface area contributed by atoms with Gasteiger partial charge in [-0.2, -0.15) is 0 Å². The van der Waals surface area contributed by atoms with Crippen molar-refractivity contribution in [2.45, 2.75) is 19.9 Å². The van der Waals surface area contributed by atoms with Gasteiger partial charge in [-0.15, -0.1) is 0 Å². The molecule has 0 aliphatic heterocycles. The second-order valence-electron chi connectivity index (χ2n) is 6.48. The number of carbonyl (C=O) groups is 1. The number of rotatable bonds is 6. The second kappa shape index (κ2) is 7.92. The van der Waals surface area contributed by atoms with Crippen molar-refractivity contribution in [2.75, 3.05) is 0 Å². The van der Waals surface area contributed by atoms with Crippen molar-refractivity contribution >= 4 is 5.91 Å². The quantitative estimate of drug-likeness (QED) is 0.560. The molecule has 6 heteroatoms. The van der Waals surface area contributed by atoms with Gasteiger partial charge in [-0.3, -0.25) is 4.79 Å². The van der Waals surface area contributed by atoms with Gasteiger partial charge in [-0.25, -0.2) is 9.97 Å². The highest BCUT2D eigenvalue weighted by molar-refractivity contribution is 5.78. The molecule has 0 radical (unpaired) electrons. The molecule has 1 N–H and O–H groups in total. The number of amides is 1. The summed E-state index contributed by atoms with van der Waals surface area (Å²) in [5.41, 5.74) is 3.61. The molecule has 0 fully saturated rings. The molecule has 0 spiro atoms. The Kier molecular flexibility index (Phi) is 5.01. The van der Waals surface area contributed by atoms with Crippen molar-refractivity contribution in [3.8, 4) is 17.1 Å². The van der Waals surface area contributed by atoms with Crippen LogP contribution in [0.25, 0.3) is 17.1 Å². The minimum absolute atomic E-state index is 0.0882. The Morgan fingerprint density at radius 3 is 2.61 bits per heavy atom. The van der Waals surface area contributed by atoms with Crippen LogP contribution in [0.15, 0.2) is 77.7 Å².